The first-order valence-electron chi connectivity index (χ1n) is 3.39. The Bertz CT molecular complexity index is 172. The van der Waals surface area contributed by atoms with E-state index in [4.69, 9.17) is 0 Å². The van der Waals surface area contributed by atoms with Crippen molar-refractivity contribution < 1.29 is 19.5 Å². The molecule has 0 saturated carbocycles. The molecule has 1 heterocycles. The quantitative estimate of drug-likeness (QED) is 0.664. The monoisotopic (exact) mass is 235 g/mol. The Morgan fingerprint density at radius 3 is 1.64 bits per heavy atom. The van der Waals surface area contributed by atoms with Gasteiger partial charge in [-0.3, -0.25) is 0 Å². The molecule has 0 aliphatic heterocycles. The van der Waals surface area contributed by atoms with Crippen LogP contribution in [0, 0.1) is 0 Å². The van der Waals surface area contributed by atoms with Crippen molar-refractivity contribution in [3.8, 4) is 0 Å². The maximum absolute atomic E-state index is 2.86. The number of H-pyrrole nitrogens is 1. The molecule has 1 aliphatic carbocycles. The summed E-state index contributed by atoms with van der Waals surface area (Å²) >= 11 is 0. The van der Waals surface area contributed by atoms with Gasteiger partial charge in [0.15, 0.2) is 0 Å². The minimum atomic E-state index is 0. The second-order valence-electron chi connectivity index (χ2n) is 1.98. The summed E-state index contributed by atoms with van der Waals surface area (Å²) in [6.07, 6.45) is 13.2. The van der Waals surface area contributed by atoms with Gasteiger partial charge in [0.1, 0.15) is 0 Å². The van der Waals surface area contributed by atoms with Gasteiger partial charge in [-0.15, -0.1) is 0 Å². The Morgan fingerprint density at radius 1 is 0.909 bits per heavy atom. The van der Waals surface area contributed by atoms with E-state index in [-0.39, 0.29) is 19.5 Å². The van der Waals surface area contributed by atoms with Gasteiger partial charge in [-0.1, -0.05) is 24.3 Å². The number of allylic oxidation sites excluding steroid dienone is 4. The number of hydrogen-bond acceptors (Lipinski definition) is 0. The van der Waals surface area contributed by atoms with Crippen molar-refractivity contribution in [2.75, 3.05) is 0 Å². The van der Waals surface area contributed by atoms with Crippen molar-refractivity contribution in [1.82, 2.24) is 4.98 Å². The second kappa shape index (κ2) is 7.49. The Hall–Kier alpha value is -0.617. The zero-order valence-corrected chi connectivity index (χ0v) is 7.92. The number of hydrogen-bond donors (Lipinski definition) is 1. The third-order valence-electron chi connectivity index (χ3n) is 1.15. The Labute approximate surface area is 80.0 Å². The van der Waals surface area contributed by atoms with E-state index in [2.05, 4.69) is 29.3 Å². The van der Waals surface area contributed by atoms with Gasteiger partial charge in [-0.25, -0.2) is 0 Å². The zero-order valence-electron chi connectivity index (χ0n) is 6.18. The average Bonchev–Trinajstić information content (AvgIpc) is 2.67. The minimum absolute atomic E-state index is 0. The van der Waals surface area contributed by atoms with E-state index in [1.165, 1.54) is 0 Å². The first kappa shape index (κ1) is 10.4. The summed E-state index contributed by atoms with van der Waals surface area (Å²) in [4.78, 5) is 2.86. The van der Waals surface area contributed by atoms with Crippen LogP contribution in [0.3, 0.4) is 0 Å². The van der Waals surface area contributed by atoms with Crippen LogP contribution in [0.25, 0.3) is 0 Å². The normalized spacial score (nSPS) is 11.6. The first-order valence-corrected chi connectivity index (χ1v) is 3.39. The molecule has 2 heteroatoms. The number of nitrogens with one attached hydrogen (secondary N) is 1. The fourth-order valence-electron chi connectivity index (χ4n) is 0.671. The standard InChI is InChI=1S/C5H6.C4H5N.Ru/c2*1-2-4-5-3-1;/h1-4H,5H2;1-5H;. The number of rotatable bonds is 0. The summed E-state index contributed by atoms with van der Waals surface area (Å²) in [5.41, 5.74) is 0. The molecule has 1 nitrogen and oxygen atoms in total. The third kappa shape index (κ3) is 5.81. The molecule has 0 radical (unpaired) electrons. The molecule has 1 aromatic rings. The van der Waals surface area contributed by atoms with Crippen LogP contribution in [0.4, 0.5) is 0 Å². The van der Waals surface area contributed by atoms with E-state index in [0.29, 0.717) is 0 Å². The predicted molar refractivity (Wildman–Crippen MR) is 43.7 cm³/mol. The number of aromatic amines is 1. The van der Waals surface area contributed by atoms with Gasteiger partial charge < -0.3 is 4.98 Å². The molecular formula is C9H11NRu. The SMILES string of the molecule is C1=CCC=C1.[Ru].c1cc[nH]c1. The minimum Gasteiger partial charge on any atom is -0.368 e. The molecule has 1 N–H and O–H groups in total. The molecule has 60 valence electrons. The van der Waals surface area contributed by atoms with Gasteiger partial charge in [0.25, 0.3) is 0 Å². The van der Waals surface area contributed by atoms with Crippen LogP contribution in [0.15, 0.2) is 48.8 Å². The molecule has 0 saturated heterocycles. The van der Waals surface area contributed by atoms with Gasteiger partial charge >= 0.3 is 0 Å². The van der Waals surface area contributed by atoms with Crippen molar-refractivity contribution in [1.29, 1.82) is 0 Å². The summed E-state index contributed by atoms with van der Waals surface area (Å²) in [7, 11) is 0. The Morgan fingerprint density at radius 2 is 1.45 bits per heavy atom. The maximum atomic E-state index is 2.86. The van der Waals surface area contributed by atoms with Crippen LogP contribution >= 0.6 is 0 Å². The van der Waals surface area contributed by atoms with Gasteiger partial charge in [0, 0.05) is 31.9 Å². The van der Waals surface area contributed by atoms with E-state index in [0.717, 1.165) is 6.42 Å². The Balaban J connectivity index is 0.000000167. The molecule has 11 heavy (non-hydrogen) atoms. The molecule has 1 aliphatic rings. The van der Waals surface area contributed by atoms with Crippen LogP contribution in [-0.2, 0) is 19.5 Å². The van der Waals surface area contributed by atoms with Gasteiger partial charge in [-0.2, -0.15) is 0 Å². The van der Waals surface area contributed by atoms with Crippen LogP contribution < -0.4 is 0 Å². The zero-order chi connectivity index (χ0) is 7.07. The summed E-state index contributed by atoms with van der Waals surface area (Å²) in [6.45, 7) is 0. The summed E-state index contributed by atoms with van der Waals surface area (Å²) in [6, 6.07) is 3.89. The van der Waals surface area contributed by atoms with Crippen molar-refractivity contribution in [2.45, 2.75) is 6.42 Å². The van der Waals surface area contributed by atoms with E-state index in [9.17, 15) is 0 Å². The van der Waals surface area contributed by atoms with Crippen LogP contribution in [-0.4, -0.2) is 4.98 Å². The van der Waals surface area contributed by atoms with Gasteiger partial charge in [0.2, 0.25) is 0 Å². The van der Waals surface area contributed by atoms with E-state index in [1.54, 1.807) is 0 Å². The molecule has 0 fully saturated rings. The van der Waals surface area contributed by atoms with Crippen molar-refractivity contribution in [2.24, 2.45) is 0 Å². The molecule has 2 rings (SSSR count). The first-order chi connectivity index (χ1) is 5.00. The average molecular weight is 234 g/mol. The van der Waals surface area contributed by atoms with Gasteiger partial charge in [0.05, 0.1) is 0 Å². The van der Waals surface area contributed by atoms with E-state index < -0.39 is 0 Å². The van der Waals surface area contributed by atoms with Crippen molar-refractivity contribution in [3.05, 3.63) is 48.8 Å². The number of aromatic nitrogens is 1. The maximum Gasteiger partial charge on any atom is 0.000496 e. The van der Waals surface area contributed by atoms with E-state index >= 15 is 0 Å². The summed E-state index contributed by atoms with van der Waals surface area (Å²) in [5.74, 6) is 0. The topological polar surface area (TPSA) is 15.8 Å². The molecule has 0 unspecified atom stereocenters. The van der Waals surface area contributed by atoms with Crippen LogP contribution in [0.2, 0.25) is 0 Å². The molecular weight excluding hydrogens is 223 g/mol. The molecule has 0 aromatic carbocycles. The fourth-order valence-corrected chi connectivity index (χ4v) is 0.671. The van der Waals surface area contributed by atoms with Crippen LogP contribution in [0.1, 0.15) is 6.42 Å². The summed E-state index contributed by atoms with van der Waals surface area (Å²) < 4.78 is 0. The Kier molecular flexibility index (Phi) is 7.07. The van der Waals surface area contributed by atoms with Crippen LogP contribution in [0.5, 0.6) is 0 Å². The summed E-state index contributed by atoms with van der Waals surface area (Å²) in [5, 5.41) is 0. The second-order valence-corrected chi connectivity index (χ2v) is 1.98. The third-order valence-corrected chi connectivity index (χ3v) is 1.15. The fraction of sp³-hybridized carbons (Fsp3) is 0.111. The molecule has 0 bridgehead atoms. The largest absolute Gasteiger partial charge is 0.368 e. The smallest absolute Gasteiger partial charge is 0.000496 e. The van der Waals surface area contributed by atoms with Crippen molar-refractivity contribution >= 4 is 0 Å². The molecule has 1 aromatic heterocycles. The molecule has 0 amide bonds. The molecule has 0 spiro atoms. The predicted octanol–water partition coefficient (Wildman–Crippen LogP) is 2.51. The van der Waals surface area contributed by atoms with E-state index in [1.807, 2.05) is 24.5 Å². The molecule has 0 atom stereocenters. The van der Waals surface area contributed by atoms with Crippen molar-refractivity contribution in [3.63, 3.8) is 0 Å². The van der Waals surface area contributed by atoms with Gasteiger partial charge in [-0.05, 0) is 18.6 Å².